The molecule has 1 aliphatic rings. The van der Waals surface area contributed by atoms with Gasteiger partial charge in [-0.2, -0.15) is 4.98 Å². The molecule has 33 heavy (non-hydrogen) atoms. The minimum Gasteiger partial charge on any atom is -0.444 e. The SMILES string of the molecule is Cn1c(N2CC[C@H](NC(=O)OC(C)(C)C)C2)nc2c(c(I)cn2COCC[Si](C)(C)C)c1=O. The van der Waals surface area contributed by atoms with Crippen molar-refractivity contribution in [3.8, 4) is 0 Å². The van der Waals surface area contributed by atoms with Crippen molar-refractivity contribution in [3.63, 3.8) is 0 Å². The molecule has 1 aliphatic heterocycles. The second-order valence-electron chi connectivity index (χ2n) is 10.8. The van der Waals surface area contributed by atoms with Crippen LogP contribution in [0, 0.1) is 3.57 Å². The summed E-state index contributed by atoms with van der Waals surface area (Å²) in [5.74, 6) is 0.596. The van der Waals surface area contributed by atoms with Crippen LogP contribution < -0.4 is 15.8 Å². The fraction of sp³-hybridized carbons (Fsp3) is 0.682. The highest BCUT2D eigenvalue weighted by Crippen LogP contribution is 2.24. The highest BCUT2D eigenvalue weighted by Gasteiger charge is 2.29. The molecule has 0 aliphatic carbocycles. The van der Waals surface area contributed by atoms with E-state index >= 15 is 0 Å². The van der Waals surface area contributed by atoms with Crippen LogP contribution in [0.2, 0.25) is 25.7 Å². The number of rotatable bonds is 7. The van der Waals surface area contributed by atoms with E-state index in [9.17, 15) is 9.59 Å². The zero-order valence-electron chi connectivity index (χ0n) is 20.7. The van der Waals surface area contributed by atoms with Gasteiger partial charge in [0, 0.05) is 44.6 Å². The summed E-state index contributed by atoms with van der Waals surface area (Å²) in [5.41, 5.74) is 0.0105. The second-order valence-corrected chi connectivity index (χ2v) is 17.6. The van der Waals surface area contributed by atoms with Crippen LogP contribution in [0.1, 0.15) is 27.2 Å². The molecule has 1 saturated heterocycles. The van der Waals surface area contributed by atoms with Gasteiger partial charge in [0.15, 0.2) is 5.65 Å². The zero-order chi connectivity index (χ0) is 24.6. The summed E-state index contributed by atoms with van der Waals surface area (Å²) in [6, 6.07) is 1.02. The van der Waals surface area contributed by atoms with Crippen molar-refractivity contribution in [3.05, 3.63) is 20.1 Å². The van der Waals surface area contributed by atoms with Gasteiger partial charge in [-0.3, -0.25) is 9.36 Å². The number of carbonyl (C=O) groups excluding carboxylic acids is 1. The van der Waals surface area contributed by atoms with Crippen LogP contribution in [0.4, 0.5) is 10.7 Å². The summed E-state index contributed by atoms with van der Waals surface area (Å²) in [5, 5.41) is 3.54. The number of aromatic nitrogens is 3. The first-order chi connectivity index (χ1) is 15.2. The number of nitrogens with zero attached hydrogens (tertiary/aromatic N) is 4. The molecular formula is C22H36IN5O4Si. The fourth-order valence-electron chi connectivity index (χ4n) is 3.72. The summed E-state index contributed by atoms with van der Waals surface area (Å²) >= 11 is 2.18. The third-order valence-electron chi connectivity index (χ3n) is 5.45. The number of fused-ring (bicyclic) bond motifs is 1. The van der Waals surface area contributed by atoms with E-state index in [-0.39, 0.29) is 11.6 Å². The van der Waals surface area contributed by atoms with Crippen molar-refractivity contribution >= 4 is 53.7 Å². The highest BCUT2D eigenvalue weighted by atomic mass is 127. The standard InChI is InChI=1S/C22H36IN5O4Si/c1-22(2,3)32-21(30)24-15-8-9-27(12-15)20-25-18-17(19(29)26(20)4)16(23)13-28(18)14-31-10-11-33(5,6)7/h13,15H,8-12,14H2,1-7H3,(H,24,30)/t15-/m0/s1. The Morgan fingerprint density at radius 2 is 2.03 bits per heavy atom. The summed E-state index contributed by atoms with van der Waals surface area (Å²) < 4.78 is 15.7. The van der Waals surface area contributed by atoms with E-state index in [2.05, 4.69) is 47.5 Å². The molecule has 3 rings (SSSR count). The molecule has 2 aromatic rings. The Hall–Kier alpha value is -1.60. The molecule has 9 nitrogen and oxygen atoms in total. The van der Waals surface area contributed by atoms with Crippen LogP contribution in [0.5, 0.6) is 0 Å². The third-order valence-corrected chi connectivity index (χ3v) is 7.97. The van der Waals surface area contributed by atoms with Gasteiger partial charge in [-0.05, 0) is 55.8 Å². The van der Waals surface area contributed by atoms with Crippen LogP contribution in [0.25, 0.3) is 11.0 Å². The molecular weight excluding hydrogens is 553 g/mol. The van der Waals surface area contributed by atoms with E-state index in [0.717, 1.165) is 16.0 Å². The van der Waals surface area contributed by atoms with Gasteiger partial charge in [0.2, 0.25) is 5.95 Å². The van der Waals surface area contributed by atoms with E-state index in [1.54, 1.807) is 11.6 Å². The Bertz CT molecular complexity index is 1070. The van der Waals surface area contributed by atoms with Crippen LogP contribution in [-0.4, -0.2) is 59.6 Å². The van der Waals surface area contributed by atoms with Gasteiger partial charge in [0.25, 0.3) is 5.56 Å². The first-order valence-electron chi connectivity index (χ1n) is 11.3. The van der Waals surface area contributed by atoms with Crippen molar-refractivity contribution in [2.75, 3.05) is 24.6 Å². The molecule has 184 valence electrons. The molecule has 1 atom stereocenters. The Kier molecular flexibility index (Phi) is 7.84. The van der Waals surface area contributed by atoms with Crippen molar-refractivity contribution < 1.29 is 14.3 Å². The predicted molar refractivity (Wildman–Crippen MR) is 142 cm³/mol. The largest absolute Gasteiger partial charge is 0.444 e. The minimum atomic E-state index is -1.17. The Labute approximate surface area is 210 Å². The number of alkyl carbamates (subject to hydrolysis) is 1. The number of anilines is 1. The number of halogens is 1. The molecule has 1 fully saturated rings. The molecule has 0 spiro atoms. The molecule has 0 radical (unpaired) electrons. The zero-order valence-corrected chi connectivity index (χ0v) is 23.9. The lowest BCUT2D eigenvalue weighted by Crippen LogP contribution is -2.41. The molecule has 0 aromatic carbocycles. The van der Waals surface area contributed by atoms with Crippen LogP contribution >= 0.6 is 22.6 Å². The van der Waals surface area contributed by atoms with Gasteiger partial charge in [-0.25, -0.2) is 4.79 Å². The molecule has 0 unspecified atom stereocenters. The van der Waals surface area contributed by atoms with E-state index in [4.69, 9.17) is 14.5 Å². The van der Waals surface area contributed by atoms with E-state index in [1.165, 1.54) is 0 Å². The molecule has 3 heterocycles. The van der Waals surface area contributed by atoms with E-state index < -0.39 is 19.8 Å². The summed E-state index contributed by atoms with van der Waals surface area (Å²) in [4.78, 5) is 32.2. The Morgan fingerprint density at radius 1 is 1.33 bits per heavy atom. The topological polar surface area (TPSA) is 90.6 Å². The second kappa shape index (κ2) is 9.94. The Balaban J connectivity index is 1.78. The fourth-order valence-corrected chi connectivity index (χ4v) is 5.28. The van der Waals surface area contributed by atoms with Gasteiger partial charge in [0.1, 0.15) is 12.3 Å². The number of carbonyl (C=O) groups is 1. The van der Waals surface area contributed by atoms with Crippen molar-refractivity contribution in [1.82, 2.24) is 19.4 Å². The number of ether oxygens (including phenoxy) is 2. The lowest BCUT2D eigenvalue weighted by Gasteiger charge is -2.23. The third kappa shape index (κ3) is 6.72. The van der Waals surface area contributed by atoms with Gasteiger partial charge in [-0.15, -0.1) is 0 Å². The number of hydrogen-bond acceptors (Lipinski definition) is 6. The molecule has 2 aromatic heterocycles. The van der Waals surface area contributed by atoms with Crippen molar-refractivity contribution in [2.45, 2.75) is 71.3 Å². The molecule has 0 saturated carbocycles. The average Bonchev–Trinajstić information content (AvgIpc) is 3.23. The molecule has 0 bridgehead atoms. The lowest BCUT2D eigenvalue weighted by molar-refractivity contribution is 0.0509. The quantitative estimate of drug-likeness (QED) is 0.301. The molecule has 11 heteroatoms. The first-order valence-corrected chi connectivity index (χ1v) is 16.1. The number of amides is 1. The molecule has 1 amide bonds. The normalized spacial score (nSPS) is 17.1. The van der Waals surface area contributed by atoms with Gasteiger partial charge in [0.05, 0.1) is 11.4 Å². The van der Waals surface area contributed by atoms with E-state index in [1.807, 2.05) is 36.4 Å². The van der Waals surface area contributed by atoms with Gasteiger partial charge < -0.3 is 24.3 Å². The van der Waals surface area contributed by atoms with Crippen LogP contribution in [0.15, 0.2) is 11.0 Å². The van der Waals surface area contributed by atoms with Crippen LogP contribution in [0.3, 0.4) is 0 Å². The van der Waals surface area contributed by atoms with Crippen molar-refractivity contribution in [1.29, 1.82) is 0 Å². The summed E-state index contributed by atoms with van der Waals surface area (Å²) in [6.07, 6.45) is 2.26. The smallest absolute Gasteiger partial charge is 0.407 e. The Morgan fingerprint density at radius 3 is 2.67 bits per heavy atom. The maximum absolute atomic E-state index is 13.2. The van der Waals surface area contributed by atoms with Gasteiger partial charge in [-0.1, -0.05) is 19.6 Å². The highest BCUT2D eigenvalue weighted by molar-refractivity contribution is 14.1. The number of nitrogens with one attached hydrogen (secondary N) is 1. The maximum atomic E-state index is 13.2. The lowest BCUT2D eigenvalue weighted by atomic mass is 10.2. The monoisotopic (exact) mass is 589 g/mol. The summed E-state index contributed by atoms with van der Waals surface area (Å²) in [6.45, 7) is 14.8. The summed E-state index contributed by atoms with van der Waals surface area (Å²) in [7, 11) is 0.578. The maximum Gasteiger partial charge on any atom is 0.407 e. The predicted octanol–water partition coefficient (Wildman–Crippen LogP) is 3.76. The van der Waals surface area contributed by atoms with Crippen LogP contribution in [-0.2, 0) is 23.3 Å². The first kappa shape index (κ1) is 26.0. The minimum absolute atomic E-state index is 0.0655. The van der Waals surface area contributed by atoms with Crippen molar-refractivity contribution in [2.24, 2.45) is 7.05 Å². The number of hydrogen-bond donors (Lipinski definition) is 1. The van der Waals surface area contributed by atoms with E-state index in [0.29, 0.717) is 43.4 Å². The molecule has 1 N–H and O–H groups in total. The van der Waals surface area contributed by atoms with Gasteiger partial charge >= 0.3 is 6.09 Å². The average molecular weight is 590 g/mol.